The zero-order chi connectivity index (χ0) is 12.3. The Morgan fingerprint density at radius 3 is 2.59 bits per heavy atom. The molecule has 1 aliphatic carbocycles. The Labute approximate surface area is 106 Å². The maximum atomic E-state index is 11.7. The maximum absolute atomic E-state index is 11.7. The molecule has 4 heteroatoms. The maximum Gasteiger partial charge on any atom is 0.220 e. The molecule has 0 saturated heterocycles. The van der Waals surface area contributed by atoms with Crippen LogP contribution >= 0.6 is 11.6 Å². The summed E-state index contributed by atoms with van der Waals surface area (Å²) in [5.41, 5.74) is 6.80. The average molecular weight is 253 g/mol. The molecule has 0 aliphatic heterocycles. The molecule has 1 aromatic rings. The minimum atomic E-state index is 0.0750. The molecular weight excluding hydrogens is 236 g/mol. The summed E-state index contributed by atoms with van der Waals surface area (Å²) in [5, 5.41) is 3.68. The van der Waals surface area contributed by atoms with Crippen molar-refractivity contribution < 1.29 is 4.79 Å². The van der Waals surface area contributed by atoms with Crippen LogP contribution in [0.2, 0.25) is 5.02 Å². The Bertz CT molecular complexity index is 387. The van der Waals surface area contributed by atoms with E-state index in [1.807, 2.05) is 24.3 Å². The quantitative estimate of drug-likeness (QED) is 0.843. The van der Waals surface area contributed by atoms with E-state index in [4.69, 9.17) is 17.3 Å². The molecule has 0 aromatic heterocycles. The van der Waals surface area contributed by atoms with Crippen LogP contribution in [0, 0.1) is 0 Å². The highest BCUT2D eigenvalue weighted by atomic mass is 35.5. The van der Waals surface area contributed by atoms with Crippen molar-refractivity contribution >= 4 is 17.5 Å². The summed E-state index contributed by atoms with van der Waals surface area (Å²) in [6, 6.07) is 7.94. The van der Waals surface area contributed by atoms with Gasteiger partial charge in [-0.3, -0.25) is 4.79 Å². The zero-order valence-corrected chi connectivity index (χ0v) is 10.4. The van der Waals surface area contributed by atoms with Crippen LogP contribution in [0.3, 0.4) is 0 Å². The third-order valence-electron chi connectivity index (χ3n) is 3.00. The van der Waals surface area contributed by atoms with Gasteiger partial charge in [-0.25, -0.2) is 0 Å². The molecule has 0 radical (unpaired) electrons. The number of halogens is 1. The van der Waals surface area contributed by atoms with Gasteiger partial charge in [-0.1, -0.05) is 23.7 Å². The fourth-order valence-electron chi connectivity index (χ4n) is 1.81. The van der Waals surface area contributed by atoms with E-state index in [2.05, 4.69) is 5.32 Å². The van der Waals surface area contributed by atoms with Crippen molar-refractivity contribution in [1.82, 2.24) is 5.32 Å². The Morgan fingerprint density at radius 1 is 1.41 bits per heavy atom. The lowest BCUT2D eigenvalue weighted by atomic mass is 9.95. The number of nitrogens with one attached hydrogen (secondary N) is 1. The van der Waals surface area contributed by atoms with E-state index < -0.39 is 0 Å². The third kappa shape index (κ3) is 3.72. The minimum absolute atomic E-state index is 0.0750. The van der Waals surface area contributed by atoms with Gasteiger partial charge >= 0.3 is 0 Å². The first kappa shape index (κ1) is 12.4. The summed E-state index contributed by atoms with van der Waals surface area (Å²) >= 11 is 5.83. The Kier molecular flexibility index (Phi) is 4.02. The number of carbonyl (C=O) groups is 1. The number of rotatable bonds is 5. The molecule has 1 saturated carbocycles. The summed E-state index contributed by atoms with van der Waals surface area (Å²) in [6.07, 6.45) is 2.68. The number of benzene rings is 1. The second kappa shape index (κ2) is 5.52. The van der Waals surface area contributed by atoms with Crippen LogP contribution in [0.5, 0.6) is 0 Å². The van der Waals surface area contributed by atoms with Crippen LogP contribution in [0.25, 0.3) is 0 Å². The van der Waals surface area contributed by atoms with E-state index in [0.29, 0.717) is 24.0 Å². The van der Waals surface area contributed by atoms with Crippen LogP contribution in [0.15, 0.2) is 24.3 Å². The second-order valence-corrected chi connectivity index (χ2v) is 4.97. The number of amides is 1. The molecule has 1 fully saturated rings. The Morgan fingerprint density at radius 2 is 2.06 bits per heavy atom. The van der Waals surface area contributed by atoms with E-state index in [1.165, 1.54) is 0 Å². The first-order valence-electron chi connectivity index (χ1n) is 5.94. The molecule has 1 amide bonds. The van der Waals surface area contributed by atoms with Crippen molar-refractivity contribution in [3.05, 3.63) is 34.9 Å². The lowest BCUT2D eigenvalue weighted by Gasteiger charge is -2.15. The zero-order valence-electron chi connectivity index (χ0n) is 9.66. The van der Waals surface area contributed by atoms with E-state index in [1.54, 1.807) is 0 Å². The molecule has 1 unspecified atom stereocenters. The van der Waals surface area contributed by atoms with Gasteiger partial charge in [-0.2, -0.15) is 0 Å². The molecule has 1 atom stereocenters. The highest BCUT2D eigenvalue weighted by molar-refractivity contribution is 6.30. The van der Waals surface area contributed by atoms with Gasteiger partial charge in [-0.05, 0) is 37.1 Å². The van der Waals surface area contributed by atoms with Crippen molar-refractivity contribution in [2.24, 2.45) is 5.73 Å². The summed E-state index contributed by atoms with van der Waals surface area (Å²) in [4.78, 5) is 11.7. The molecular formula is C13H17ClN2O. The molecule has 0 spiro atoms. The van der Waals surface area contributed by atoms with E-state index in [9.17, 15) is 4.79 Å². The normalized spacial score (nSPS) is 16.6. The van der Waals surface area contributed by atoms with Gasteiger partial charge in [0.25, 0.3) is 0 Å². The summed E-state index contributed by atoms with van der Waals surface area (Å²) in [7, 11) is 0. The summed E-state index contributed by atoms with van der Waals surface area (Å²) < 4.78 is 0. The van der Waals surface area contributed by atoms with Crippen LogP contribution < -0.4 is 11.1 Å². The highest BCUT2D eigenvalue weighted by Crippen LogP contribution is 2.23. The van der Waals surface area contributed by atoms with Crippen LogP contribution in [0.1, 0.15) is 30.7 Å². The van der Waals surface area contributed by atoms with Gasteiger partial charge < -0.3 is 11.1 Å². The van der Waals surface area contributed by atoms with Crippen LogP contribution in [-0.4, -0.2) is 18.5 Å². The van der Waals surface area contributed by atoms with Gasteiger partial charge in [0.05, 0.1) is 0 Å². The minimum Gasteiger partial charge on any atom is -0.353 e. The average Bonchev–Trinajstić information content (AvgIpc) is 3.11. The van der Waals surface area contributed by atoms with Crippen LogP contribution in [-0.2, 0) is 4.79 Å². The molecule has 0 heterocycles. The monoisotopic (exact) mass is 252 g/mol. The fraction of sp³-hybridized carbons (Fsp3) is 0.462. The highest BCUT2D eigenvalue weighted by Gasteiger charge is 2.24. The Balaban J connectivity index is 1.94. The van der Waals surface area contributed by atoms with Crippen molar-refractivity contribution in [2.45, 2.75) is 31.2 Å². The molecule has 17 heavy (non-hydrogen) atoms. The first-order chi connectivity index (χ1) is 8.19. The lowest BCUT2D eigenvalue weighted by molar-refractivity contribution is -0.121. The Hall–Kier alpha value is -1.06. The standard InChI is InChI=1S/C13H17ClN2O/c14-11-3-1-9(2-4-11)10(8-15)7-13(17)16-12-5-6-12/h1-4,10,12H,5-8,15H2,(H,16,17). The summed E-state index contributed by atoms with van der Waals surface area (Å²) in [5.74, 6) is 0.170. The number of hydrogen-bond acceptors (Lipinski definition) is 2. The van der Waals surface area contributed by atoms with Gasteiger partial charge in [0.2, 0.25) is 5.91 Å². The molecule has 3 nitrogen and oxygen atoms in total. The SMILES string of the molecule is NCC(CC(=O)NC1CC1)c1ccc(Cl)cc1. The van der Waals surface area contributed by atoms with E-state index in [-0.39, 0.29) is 11.8 Å². The number of hydrogen-bond donors (Lipinski definition) is 2. The van der Waals surface area contributed by atoms with Crippen molar-refractivity contribution in [2.75, 3.05) is 6.54 Å². The first-order valence-corrected chi connectivity index (χ1v) is 6.31. The van der Waals surface area contributed by atoms with E-state index in [0.717, 1.165) is 18.4 Å². The molecule has 1 aromatic carbocycles. The predicted octanol–water partition coefficient (Wildman–Crippen LogP) is 2.05. The largest absolute Gasteiger partial charge is 0.353 e. The molecule has 2 rings (SSSR count). The second-order valence-electron chi connectivity index (χ2n) is 4.53. The third-order valence-corrected chi connectivity index (χ3v) is 3.25. The molecule has 0 bridgehead atoms. The molecule has 92 valence electrons. The number of carbonyl (C=O) groups excluding carboxylic acids is 1. The smallest absolute Gasteiger partial charge is 0.220 e. The predicted molar refractivity (Wildman–Crippen MR) is 69.0 cm³/mol. The topological polar surface area (TPSA) is 55.1 Å². The van der Waals surface area contributed by atoms with Crippen molar-refractivity contribution in [1.29, 1.82) is 0 Å². The summed E-state index contributed by atoms with van der Waals surface area (Å²) in [6.45, 7) is 0.472. The van der Waals surface area contributed by atoms with Gasteiger partial charge in [-0.15, -0.1) is 0 Å². The fourth-order valence-corrected chi connectivity index (χ4v) is 1.94. The molecule has 1 aliphatic rings. The van der Waals surface area contributed by atoms with Gasteiger partial charge in [0.15, 0.2) is 0 Å². The van der Waals surface area contributed by atoms with Crippen LogP contribution in [0.4, 0.5) is 0 Å². The van der Waals surface area contributed by atoms with Crippen molar-refractivity contribution in [3.63, 3.8) is 0 Å². The molecule has 3 N–H and O–H groups in total. The number of nitrogens with two attached hydrogens (primary N) is 1. The lowest BCUT2D eigenvalue weighted by Crippen LogP contribution is -2.28. The van der Waals surface area contributed by atoms with Crippen molar-refractivity contribution in [3.8, 4) is 0 Å². The van der Waals surface area contributed by atoms with Gasteiger partial charge in [0.1, 0.15) is 0 Å². The van der Waals surface area contributed by atoms with Gasteiger partial charge in [0, 0.05) is 23.4 Å². The van der Waals surface area contributed by atoms with E-state index >= 15 is 0 Å².